The normalized spacial score (nSPS) is 20.9. The number of benzene rings is 2. The molecule has 1 fully saturated rings. The van der Waals surface area contributed by atoms with E-state index in [1.165, 1.54) is 36.7 Å². The lowest BCUT2D eigenvalue weighted by atomic mass is 9.94. The summed E-state index contributed by atoms with van der Waals surface area (Å²) in [5.41, 5.74) is 3.26. The average molecular weight is 450 g/mol. The zero-order valence-corrected chi connectivity index (χ0v) is 18.6. The van der Waals surface area contributed by atoms with Crippen LogP contribution in [0.15, 0.2) is 54.9 Å². The maximum atomic E-state index is 13.7. The number of halogens is 1. The van der Waals surface area contributed by atoms with Gasteiger partial charge in [-0.2, -0.15) is 0 Å². The highest BCUT2D eigenvalue weighted by atomic mass is 19.1. The number of piperidine rings is 1. The van der Waals surface area contributed by atoms with E-state index < -0.39 is 6.10 Å². The van der Waals surface area contributed by atoms with Gasteiger partial charge >= 0.3 is 0 Å². The minimum absolute atomic E-state index is 0.130. The molecule has 0 amide bonds. The third kappa shape index (κ3) is 4.62. The summed E-state index contributed by atoms with van der Waals surface area (Å²) in [4.78, 5) is 13.2. The molecular weight excluding hydrogens is 421 g/mol. The molecule has 2 aliphatic rings. The lowest BCUT2D eigenvalue weighted by Crippen LogP contribution is -2.55. The van der Waals surface area contributed by atoms with E-state index in [9.17, 15) is 9.50 Å². The van der Waals surface area contributed by atoms with E-state index in [1.807, 2.05) is 6.07 Å². The first kappa shape index (κ1) is 21.6. The summed E-state index contributed by atoms with van der Waals surface area (Å²) in [5, 5.41) is 14.1. The van der Waals surface area contributed by atoms with Crippen LogP contribution in [-0.2, 0) is 13.0 Å². The second kappa shape index (κ2) is 9.33. The molecule has 2 N–H and O–H groups in total. The number of aliphatic hydroxyl groups is 1. The Morgan fingerprint density at radius 3 is 2.76 bits per heavy atom. The van der Waals surface area contributed by atoms with Gasteiger partial charge in [-0.25, -0.2) is 14.4 Å². The Balaban J connectivity index is 1.26. The number of anilines is 3. The van der Waals surface area contributed by atoms with Gasteiger partial charge in [0.15, 0.2) is 0 Å². The van der Waals surface area contributed by atoms with E-state index in [0.717, 1.165) is 38.3 Å². The molecule has 3 heterocycles. The molecule has 2 aliphatic heterocycles. The minimum Gasteiger partial charge on any atom is -0.495 e. The Morgan fingerprint density at radius 2 is 1.94 bits per heavy atom. The van der Waals surface area contributed by atoms with E-state index in [-0.39, 0.29) is 11.9 Å². The Hall–Kier alpha value is -3.23. The lowest BCUT2D eigenvalue weighted by molar-refractivity contribution is 0.0293. The van der Waals surface area contributed by atoms with Crippen LogP contribution in [-0.4, -0.2) is 58.9 Å². The zero-order chi connectivity index (χ0) is 22.8. The molecular formula is C25H28FN5O2. The quantitative estimate of drug-likeness (QED) is 0.619. The number of rotatable bonds is 5. The summed E-state index contributed by atoms with van der Waals surface area (Å²) in [5.74, 6) is 1.42. The van der Waals surface area contributed by atoms with Crippen LogP contribution in [0.4, 0.5) is 21.7 Å². The van der Waals surface area contributed by atoms with Crippen LogP contribution in [0.1, 0.15) is 17.5 Å². The largest absolute Gasteiger partial charge is 0.495 e. The molecule has 2 aromatic carbocycles. The van der Waals surface area contributed by atoms with Crippen molar-refractivity contribution in [1.82, 2.24) is 14.9 Å². The van der Waals surface area contributed by atoms with Crippen molar-refractivity contribution in [1.29, 1.82) is 0 Å². The van der Waals surface area contributed by atoms with E-state index in [4.69, 9.17) is 4.74 Å². The van der Waals surface area contributed by atoms with Crippen LogP contribution in [0.2, 0.25) is 0 Å². The topological polar surface area (TPSA) is 73.8 Å². The van der Waals surface area contributed by atoms with Crippen LogP contribution < -0.4 is 15.0 Å². The molecule has 8 heteroatoms. The fourth-order valence-corrected chi connectivity index (χ4v) is 4.86. The molecule has 33 heavy (non-hydrogen) atoms. The molecule has 2 atom stereocenters. The molecule has 1 saturated heterocycles. The minimum atomic E-state index is -0.473. The maximum Gasteiger partial charge on any atom is 0.142 e. The smallest absolute Gasteiger partial charge is 0.142 e. The van der Waals surface area contributed by atoms with Gasteiger partial charge in [-0.15, -0.1) is 0 Å². The molecule has 1 aromatic heterocycles. The number of ether oxygens (including phenoxy) is 1. The third-order valence-electron chi connectivity index (χ3n) is 6.58. The molecule has 172 valence electrons. The van der Waals surface area contributed by atoms with Gasteiger partial charge < -0.3 is 20.1 Å². The van der Waals surface area contributed by atoms with Crippen LogP contribution in [0.5, 0.6) is 5.75 Å². The van der Waals surface area contributed by atoms with E-state index in [2.05, 4.69) is 49.4 Å². The van der Waals surface area contributed by atoms with Gasteiger partial charge in [0.1, 0.15) is 29.5 Å². The Bertz CT molecular complexity index is 1130. The molecule has 0 radical (unpaired) electrons. The maximum absolute atomic E-state index is 13.7. The van der Waals surface area contributed by atoms with Gasteiger partial charge in [0.25, 0.3) is 0 Å². The van der Waals surface area contributed by atoms with Gasteiger partial charge in [-0.1, -0.05) is 24.3 Å². The number of β-amino-alcohol motifs (C(OH)–C–C–N with tert-alkyl or cyclic N) is 1. The predicted molar refractivity (Wildman–Crippen MR) is 125 cm³/mol. The fraction of sp³-hybridized carbons (Fsp3) is 0.360. The summed E-state index contributed by atoms with van der Waals surface area (Å²) in [6.45, 7) is 3.15. The fourth-order valence-electron chi connectivity index (χ4n) is 4.86. The average Bonchev–Trinajstić information content (AvgIpc) is 2.84. The SMILES string of the molecule is COc1ccc(F)cc1Nc1cc(N2CC[C@@H](N3CCc4ccccc4C3)[C@H](O)C2)ncn1. The second-order valence-electron chi connectivity index (χ2n) is 8.59. The monoisotopic (exact) mass is 449 g/mol. The third-order valence-corrected chi connectivity index (χ3v) is 6.58. The van der Waals surface area contributed by atoms with E-state index in [1.54, 1.807) is 6.07 Å². The summed E-state index contributed by atoms with van der Waals surface area (Å²) in [6, 6.07) is 14.8. The first-order valence-corrected chi connectivity index (χ1v) is 11.3. The van der Waals surface area contributed by atoms with Crippen molar-refractivity contribution in [3.63, 3.8) is 0 Å². The van der Waals surface area contributed by atoms with Gasteiger partial charge in [0.05, 0.1) is 18.9 Å². The van der Waals surface area contributed by atoms with Crippen LogP contribution in [0, 0.1) is 5.82 Å². The van der Waals surface area contributed by atoms with Crippen molar-refractivity contribution < 1.29 is 14.2 Å². The number of aromatic nitrogens is 2. The van der Waals surface area contributed by atoms with Gasteiger partial charge in [-0.3, -0.25) is 4.90 Å². The van der Waals surface area contributed by atoms with Gasteiger partial charge in [0, 0.05) is 44.4 Å². The molecule has 0 unspecified atom stereocenters. The first-order valence-electron chi connectivity index (χ1n) is 11.3. The Morgan fingerprint density at radius 1 is 1.09 bits per heavy atom. The highest BCUT2D eigenvalue weighted by molar-refractivity contribution is 5.65. The summed E-state index contributed by atoms with van der Waals surface area (Å²) in [6.07, 6.45) is 2.88. The van der Waals surface area contributed by atoms with Crippen molar-refractivity contribution in [2.75, 3.05) is 37.0 Å². The molecule has 5 rings (SSSR count). The van der Waals surface area contributed by atoms with Crippen LogP contribution in [0.25, 0.3) is 0 Å². The molecule has 0 saturated carbocycles. The molecule has 7 nitrogen and oxygen atoms in total. The van der Waals surface area contributed by atoms with Crippen molar-refractivity contribution in [3.8, 4) is 5.75 Å². The number of methoxy groups -OCH3 is 1. The Labute approximate surface area is 192 Å². The summed E-state index contributed by atoms with van der Waals surface area (Å²) < 4.78 is 19.0. The molecule has 0 spiro atoms. The van der Waals surface area contributed by atoms with Crippen molar-refractivity contribution in [2.24, 2.45) is 0 Å². The number of nitrogens with zero attached hydrogens (tertiary/aromatic N) is 4. The number of fused-ring (bicyclic) bond motifs is 1. The van der Waals surface area contributed by atoms with E-state index >= 15 is 0 Å². The lowest BCUT2D eigenvalue weighted by Gasteiger charge is -2.43. The highest BCUT2D eigenvalue weighted by Crippen LogP contribution is 2.30. The highest BCUT2D eigenvalue weighted by Gasteiger charge is 2.34. The molecule has 0 aliphatic carbocycles. The molecule has 3 aromatic rings. The van der Waals surface area contributed by atoms with Gasteiger partial charge in [-0.05, 0) is 36.1 Å². The number of aliphatic hydroxyl groups excluding tert-OH is 1. The van der Waals surface area contributed by atoms with E-state index in [0.29, 0.717) is 23.8 Å². The van der Waals surface area contributed by atoms with Crippen LogP contribution in [0.3, 0.4) is 0 Å². The predicted octanol–water partition coefficient (Wildman–Crippen LogP) is 3.37. The molecule has 0 bridgehead atoms. The second-order valence-corrected chi connectivity index (χ2v) is 8.59. The van der Waals surface area contributed by atoms with Crippen molar-refractivity contribution >= 4 is 17.3 Å². The van der Waals surface area contributed by atoms with Gasteiger partial charge in [0.2, 0.25) is 0 Å². The zero-order valence-electron chi connectivity index (χ0n) is 18.6. The van der Waals surface area contributed by atoms with Crippen LogP contribution >= 0.6 is 0 Å². The van der Waals surface area contributed by atoms with Crippen molar-refractivity contribution in [2.45, 2.75) is 31.5 Å². The summed E-state index contributed by atoms with van der Waals surface area (Å²) in [7, 11) is 1.54. The Kier molecular flexibility index (Phi) is 6.11. The summed E-state index contributed by atoms with van der Waals surface area (Å²) >= 11 is 0. The standard InChI is InChI=1S/C25H28FN5O2/c1-33-23-7-6-19(26)12-20(23)29-24-13-25(28-16-27-24)31-11-9-21(22(32)15-31)30-10-8-17-4-2-3-5-18(17)14-30/h2-7,12-13,16,21-22,32H,8-11,14-15H2,1H3,(H,27,28,29)/t21-,22-/m1/s1. The van der Waals surface area contributed by atoms with Crippen molar-refractivity contribution in [3.05, 3.63) is 71.8 Å². The number of hydrogen-bond acceptors (Lipinski definition) is 7. The number of hydrogen-bond donors (Lipinski definition) is 2. The number of nitrogens with one attached hydrogen (secondary N) is 1. The first-order chi connectivity index (χ1) is 16.1.